The zero-order valence-electron chi connectivity index (χ0n) is 25.1. The highest BCUT2D eigenvalue weighted by Gasteiger charge is 2.42. The number of piperidine rings is 1. The molecule has 0 saturated carbocycles. The lowest BCUT2D eigenvalue weighted by molar-refractivity contribution is -0.133. The second-order valence-electron chi connectivity index (χ2n) is 12.3. The molecule has 0 bridgehead atoms. The van der Waals surface area contributed by atoms with Crippen LogP contribution in [0.3, 0.4) is 0 Å². The fourth-order valence-electron chi connectivity index (χ4n) is 7.18. The minimum Gasteiger partial charge on any atom is -0.346 e. The molecule has 1 saturated heterocycles. The van der Waals surface area contributed by atoms with Crippen LogP contribution in [0.1, 0.15) is 66.3 Å². The van der Waals surface area contributed by atoms with Gasteiger partial charge in [-0.2, -0.15) is 0 Å². The van der Waals surface area contributed by atoms with Crippen molar-refractivity contribution in [2.45, 2.75) is 56.0 Å². The lowest BCUT2D eigenvalue weighted by Gasteiger charge is -2.46. The van der Waals surface area contributed by atoms with Crippen LogP contribution in [0.5, 0.6) is 0 Å². The van der Waals surface area contributed by atoms with E-state index in [2.05, 4.69) is 46.6 Å². The van der Waals surface area contributed by atoms with Crippen molar-refractivity contribution < 1.29 is 9.59 Å². The van der Waals surface area contributed by atoms with Crippen LogP contribution in [0.4, 0.5) is 0 Å². The van der Waals surface area contributed by atoms with Crippen molar-refractivity contribution in [3.05, 3.63) is 129 Å². The van der Waals surface area contributed by atoms with Crippen molar-refractivity contribution in [2.24, 2.45) is 0 Å². The van der Waals surface area contributed by atoms with Gasteiger partial charge in [0.05, 0.1) is 34.0 Å². The number of nitrogens with zero attached hydrogens (tertiary/aromatic N) is 2. The molecule has 1 N–H and O–H groups in total. The average Bonchev–Trinajstić information content (AvgIpc) is 3.04. The molecule has 1 fully saturated rings. The van der Waals surface area contributed by atoms with Gasteiger partial charge in [-0.05, 0) is 72.1 Å². The normalized spacial score (nSPS) is 19.1. The Morgan fingerprint density at radius 2 is 1.70 bits per heavy atom. The third-order valence-electron chi connectivity index (χ3n) is 9.57. The van der Waals surface area contributed by atoms with Gasteiger partial charge in [0, 0.05) is 26.7 Å². The Morgan fingerprint density at radius 1 is 0.955 bits per heavy atom. The number of hydrogen-bond acceptors (Lipinski definition) is 3. The zero-order valence-corrected chi connectivity index (χ0v) is 26.7. The van der Waals surface area contributed by atoms with Crippen LogP contribution >= 0.6 is 23.2 Å². The van der Waals surface area contributed by atoms with E-state index in [1.54, 1.807) is 0 Å². The van der Waals surface area contributed by atoms with Crippen LogP contribution < -0.4 is 5.32 Å². The molecule has 1 unspecified atom stereocenters. The van der Waals surface area contributed by atoms with Crippen LogP contribution in [-0.4, -0.2) is 48.3 Å². The third kappa shape index (κ3) is 6.37. The predicted molar refractivity (Wildman–Crippen MR) is 178 cm³/mol. The number of nitrogens with one attached hydrogen (secondary N) is 1. The number of halogens is 2. The minimum atomic E-state index is -0.382. The van der Waals surface area contributed by atoms with Crippen molar-refractivity contribution in [2.75, 3.05) is 26.7 Å². The van der Waals surface area contributed by atoms with Gasteiger partial charge >= 0.3 is 0 Å². The Hall–Kier alpha value is -3.38. The number of carbonyl (C=O) groups is 2. The molecule has 0 radical (unpaired) electrons. The summed E-state index contributed by atoms with van der Waals surface area (Å²) >= 11 is 12.8. The molecule has 2 heterocycles. The first-order chi connectivity index (χ1) is 21.3. The van der Waals surface area contributed by atoms with Crippen LogP contribution in [0.15, 0.2) is 96.6 Å². The highest BCUT2D eigenvalue weighted by molar-refractivity contribution is 6.42. The standard InChI is InChI=1S/C37H39Cl2N3O2/c1-41(36(44)35(26-10-4-2-5-11-26)27-12-6-3-7-13-27)33(29-16-17-31(38)32(39)24-29)18-21-42-22-19-37(20-23-42)30-15-9-8-14-28(30)25-34(43)40-37/h2,4-6,8-17,24,33,35H,3,7,18-23,25H2,1H3,(H,40,43)/t33-,35?/m0/s1. The van der Waals surface area contributed by atoms with Gasteiger partial charge in [0.25, 0.3) is 0 Å². The predicted octanol–water partition coefficient (Wildman–Crippen LogP) is 7.61. The maximum absolute atomic E-state index is 14.4. The summed E-state index contributed by atoms with van der Waals surface area (Å²) in [5.74, 6) is -0.218. The largest absolute Gasteiger partial charge is 0.346 e. The Bertz CT molecular complexity index is 1580. The van der Waals surface area contributed by atoms with Crippen molar-refractivity contribution >= 4 is 35.0 Å². The smallest absolute Gasteiger partial charge is 0.234 e. The van der Waals surface area contributed by atoms with E-state index in [9.17, 15) is 9.59 Å². The van der Waals surface area contributed by atoms with Crippen LogP contribution in [0, 0.1) is 0 Å². The number of rotatable bonds is 8. The zero-order chi connectivity index (χ0) is 30.7. The molecule has 44 heavy (non-hydrogen) atoms. The van der Waals surface area contributed by atoms with E-state index in [4.69, 9.17) is 23.2 Å². The van der Waals surface area contributed by atoms with E-state index >= 15 is 0 Å². The first-order valence-corrected chi connectivity index (χ1v) is 16.4. The molecular weight excluding hydrogens is 589 g/mol. The van der Waals surface area contributed by atoms with Gasteiger partial charge in [0.2, 0.25) is 11.8 Å². The van der Waals surface area contributed by atoms with Crippen molar-refractivity contribution in [1.29, 1.82) is 0 Å². The molecule has 2 aliphatic heterocycles. The summed E-state index contributed by atoms with van der Waals surface area (Å²) in [5, 5.41) is 4.33. The summed E-state index contributed by atoms with van der Waals surface area (Å²) in [6.07, 6.45) is 11.3. The molecule has 2 amide bonds. The molecule has 6 rings (SSSR count). The molecule has 7 heteroatoms. The average molecular weight is 629 g/mol. The molecule has 1 aliphatic carbocycles. The number of hydrogen-bond donors (Lipinski definition) is 1. The molecule has 3 aromatic carbocycles. The van der Waals surface area contributed by atoms with Crippen LogP contribution in [0.2, 0.25) is 10.0 Å². The van der Waals surface area contributed by atoms with E-state index in [-0.39, 0.29) is 29.3 Å². The van der Waals surface area contributed by atoms with Crippen molar-refractivity contribution in [1.82, 2.24) is 15.1 Å². The number of amides is 2. The van der Waals surface area contributed by atoms with Gasteiger partial charge in [-0.1, -0.05) is 102 Å². The first kappa shape index (κ1) is 30.6. The van der Waals surface area contributed by atoms with Gasteiger partial charge in [-0.15, -0.1) is 0 Å². The van der Waals surface area contributed by atoms with Gasteiger partial charge in [0.1, 0.15) is 0 Å². The number of likely N-dealkylation sites (tertiary alicyclic amines) is 1. The number of carbonyl (C=O) groups excluding carboxylic acids is 2. The molecule has 228 valence electrons. The summed E-state index contributed by atoms with van der Waals surface area (Å²) < 4.78 is 0. The van der Waals surface area contributed by atoms with Crippen LogP contribution in [0.25, 0.3) is 0 Å². The molecule has 2 atom stereocenters. The topological polar surface area (TPSA) is 52.7 Å². The molecular formula is C37H39Cl2N3O2. The van der Waals surface area contributed by atoms with E-state index in [0.717, 1.165) is 74.0 Å². The SMILES string of the molecule is CN(C(=O)C(C1=CCCC=C1)c1ccccc1)[C@@H](CCN1CCC2(CC1)NC(=O)Cc1ccccc12)c1ccc(Cl)c(Cl)c1. The Balaban J connectivity index is 1.22. The maximum Gasteiger partial charge on any atom is 0.234 e. The fourth-order valence-corrected chi connectivity index (χ4v) is 7.49. The lowest BCUT2D eigenvalue weighted by atomic mass is 9.75. The Morgan fingerprint density at radius 3 is 2.43 bits per heavy atom. The number of likely N-dealkylation sites (N-methyl/N-ethyl adjacent to an activating group) is 1. The van der Waals surface area contributed by atoms with E-state index < -0.39 is 0 Å². The van der Waals surface area contributed by atoms with Crippen LogP contribution in [-0.2, 0) is 21.5 Å². The second-order valence-corrected chi connectivity index (χ2v) is 13.1. The quantitative estimate of drug-likeness (QED) is 0.280. The number of allylic oxidation sites excluding steroid dienone is 3. The summed E-state index contributed by atoms with van der Waals surface area (Å²) in [4.78, 5) is 31.4. The fraction of sp³-hybridized carbons (Fsp3) is 0.351. The number of benzene rings is 3. The molecule has 1 spiro atoms. The van der Waals surface area contributed by atoms with Gasteiger partial charge < -0.3 is 15.1 Å². The monoisotopic (exact) mass is 627 g/mol. The van der Waals surface area contributed by atoms with Gasteiger partial charge in [-0.25, -0.2) is 0 Å². The van der Waals surface area contributed by atoms with E-state index in [1.165, 1.54) is 5.56 Å². The molecule has 3 aromatic rings. The van der Waals surface area contributed by atoms with Crippen molar-refractivity contribution in [3.8, 4) is 0 Å². The summed E-state index contributed by atoms with van der Waals surface area (Å²) in [6, 6.07) is 23.9. The summed E-state index contributed by atoms with van der Waals surface area (Å²) in [7, 11) is 1.91. The highest BCUT2D eigenvalue weighted by atomic mass is 35.5. The molecule has 0 aromatic heterocycles. The minimum absolute atomic E-state index is 0.0594. The Labute approximate surface area is 270 Å². The van der Waals surface area contributed by atoms with Gasteiger partial charge in [-0.3, -0.25) is 9.59 Å². The van der Waals surface area contributed by atoms with E-state index in [0.29, 0.717) is 16.5 Å². The first-order valence-electron chi connectivity index (χ1n) is 15.6. The number of fused-ring (bicyclic) bond motifs is 2. The molecule has 5 nitrogen and oxygen atoms in total. The second kappa shape index (κ2) is 13.3. The van der Waals surface area contributed by atoms with Crippen molar-refractivity contribution in [3.63, 3.8) is 0 Å². The lowest BCUT2D eigenvalue weighted by Crippen LogP contribution is -2.56. The highest BCUT2D eigenvalue weighted by Crippen LogP contribution is 2.39. The maximum atomic E-state index is 14.4. The summed E-state index contributed by atoms with van der Waals surface area (Å²) in [5.41, 5.74) is 5.10. The summed E-state index contributed by atoms with van der Waals surface area (Å²) in [6.45, 7) is 2.54. The third-order valence-corrected chi connectivity index (χ3v) is 10.3. The van der Waals surface area contributed by atoms with E-state index in [1.807, 2.05) is 66.5 Å². The van der Waals surface area contributed by atoms with Gasteiger partial charge in [0.15, 0.2) is 0 Å². The molecule has 3 aliphatic rings. The Kier molecular flexibility index (Phi) is 9.27.